The van der Waals surface area contributed by atoms with Gasteiger partial charge in [0.2, 0.25) is 11.9 Å². The molecule has 0 fully saturated rings. The fourth-order valence-electron chi connectivity index (χ4n) is 3.68. The van der Waals surface area contributed by atoms with Gasteiger partial charge in [-0.3, -0.25) is 4.79 Å². The van der Waals surface area contributed by atoms with Gasteiger partial charge in [0.25, 0.3) is 0 Å². The normalized spacial score (nSPS) is 11.1. The SMILES string of the molecule is CC(=O)Nc1cc(Oc2ccc3c(c2)nc(Nc2ccc(C)c(C(C)C)c2)n3C)ccn1. The Morgan fingerprint density at radius 3 is 2.59 bits per heavy atom. The first kappa shape index (κ1) is 21.4. The average Bonchev–Trinajstić information content (AvgIpc) is 3.03. The largest absolute Gasteiger partial charge is 0.457 e. The second-order valence-electron chi connectivity index (χ2n) is 8.16. The van der Waals surface area contributed by atoms with Gasteiger partial charge in [-0.25, -0.2) is 9.97 Å². The lowest BCUT2D eigenvalue weighted by Gasteiger charge is -2.13. The molecule has 32 heavy (non-hydrogen) atoms. The van der Waals surface area contributed by atoms with Gasteiger partial charge in [0.1, 0.15) is 17.3 Å². The van der Waals surface area contributed by atoms with Crippen molar-refractivity contribution in [1.82, 2.24) is 14.5 Å². The van der Waals surface area contributed by atoms with Gasteiger partial charge in [-0.15, -0.1) is 0 Å². The van der Waals surface area contributed by atoms with Crippen LogP contribution in [0.2, 0.25) is 0 Å². The minimum Gasteiger partial charge on any atom is -0.457 e. The highest BCUT2D eigenvalue weighted by atomic mass is 16.5. The topological polar surface area (TPSA) is 81.1 Å². The summed E-state index contributed by atoms with van der Waals surface area (Å²) >= 11 is 0. The van der Waals surface area contributed by atoms with E-state index in [0.717, 1.165) is 22.7 Å². The standard InChI is InChI=1S/C25H27N5O2/c1-15(2)21-12-18(7-6-16(21)3)28-25-29-22-13-19(8-9-23(22)30(25)5)32-20-10-11-26-24(14-20)27-17(4)31/h6-15H,1-5H3,(H,28,29)(H,26,27,31). The number of imidazole rings is 1. The number of anilines is 3. The molecule has 0 radical (unpaired) electrons. The van der Waals surface area contributed by atoms with Gasteiger partial charge in [-0.05, 0) is 54.3 Å². The van der Waals surface area contributed by atoms with Crippen LogP contribution in [0.5, 0.6) is 11.5 Å². The summed E-state index contributed by atoms with van der Waals surface area (Å²) < 4.78 is 7.99. The second kappa shape index (κ2) is 8.70. The Morgan fingerprint density at radius 2 is 1.84 bits per heavy atom. The molecule has 2 aromatic heterocycles. The number of aryl methyl sites for hydroxylation is 2. The molecule has 0 aliphatic carbocycles. The summed E-state index contributed by atoms with van der Waals surface area (Å²) in [6.07, 6.45) is 1.59. The van der Waals surface area contributed by atoms with Crippen LogP contribution in [-0.2, 0) is 11.8 Å². The van der Waals surface area contributed by atoms with Crippen molar-refractivity contribution in [3.05, 3.63) is 65.9 Å². The van der Waals surface area contributed by atoms with Gasteiger partial charge in [-0.2, -0.15) is 0 Å². The number of nitrogens with one attached hydrogen (secondary N) is 2. The van der Waals surface area contributed by atoms with Gasteiger partial charge in [0.15, 0.2) is 0 Å². The van der Waals surface area contributed by atoms with Crippen LogP contribution in [0.1, 0.15) is 37.8 Å². The van der Waals surface area contributed by atoms with E-state index in [1.807, 2.05) is 29.8 Å². The van der Waals surface area contributed by atoms with Crippen LogP contribution in [0.3, 0.4) is 0 Å². The van der Waals surface area contributed by atoms with Gasteiger partial charge in [0.05, 0.1) is 11.0 Å². The van der Waals surface area contributed by atoms with Crippen molar-refractivity contribution in [2.75, 3.05) is 10.6 Å². The van der Waals surface area contributed by atoms with Crippen LogP contribution in [-0.4, -0.2) is 20.4 Å². The summed E-state index contributed by atoms with van der Waals surface area (Å²) in [7, 11) is 1.98. The average molecular weight is 430 g/mol. The lowest BCUT2D eigenvalue weighted by molar-refractivity contribution is -0.114. The summed E-state index contributed by atoms with van der Waals surface area (Å²) in [5.41, 5.74) is 5.43. The van der Waals surface area contributed by atoms with Crippen LogP contribution >= 0.6 is 0 Å². The smallest absolute Gasteiger partial charge is 0.222 e. The van der Waals surface area contributed by atoms with E-state index in [1.54, 1.807) is 18.3 Å². The van der Waals surface area contributed by atoms with Crippen molar-refractivity contribution in [1.29, 1.82) is 0 Å². The summed E-state index contributed by atoms with van der Waals surface area (Å²) in [5, 5.41) is 6.10. The maximum Gasteiger partial charge on any atom is 0.222 e. The van der Waals surface area contributed by atoms with Crippen molar-refractivity contribution >= 4 is 34.4 Å². The number of ether oxygens (including phenoxy) is 1. The second-order valence-corrected chi connectivity index (χ2v) is 8.16. The maximum atomic E-state index is 11.3. The Hall–Kier alpha value is -3.87. The molecular formula is C25H27N5O2. The number of nitrogens with zero attached hydrogens (tertiary/aromatic N) is 3. The van der Waals surface area contributed by atoms with E-state index >= 15 is 0 Å². The number of rotatable bonds is 6. The van der Waals surface area contributed by atoms with E-state index in [2.05, 4.69) is 54.6 Å². The van der Waals surface area contributed by atoms with Crippen molar-refractivity contribution in [3.8, 4) is 11.5 Å². The van der Waals surface area contributed by atoms with E-state index < -0.39 is 0 Å². The highest BCUT2D eigenvalue weighted by Crippen LogP contribution is 2.30. The van der Waals surface area contributed by atoms with E-state index in [-0.39, 0.29) is 5.91 Å². The predicted molar refractivity (Wildman–Crippen MR) is 128 cm³/mol. The number of carbonyl (C=O) groups is 1. The number of hydrogen-bond donors (Lipinski definition) is 2. The zero-order chi connectivity index (χ0) is 22.8. The zero-order valence-corrected chi connectivity index (χ0v) is 18.9. The minimum atomic E-state index is -0.182. The highest BCUT2D eigenvalue weighted by Gasteiger charge is 2.11. The van der Waals surface area contributed by atoms with Gasteiger partial charge < -0.3 is 19.9 Å². The molecule has 0 atom stereocenters. The molecule has 2 heterocycles. The van der Waals surface area contributed by atoms with Gasteiger partial charge in [-0.1, -0.05) is 19.9 Å². The van der Waals surface area contributed by atoms with Gasteiger partial charge in [0, 0.05) is 38.0 Å². The lowest BCUT2D eigenvalue weighted by Crippen LogP contribution is -2.07. The predicted octanol–water partition coefficient (Wildman–Crippen LogP) is 5.89. The first-order valence-corrected chi connectivity index (χ1v) is 10.6. The third-order valence-corrected chi connectivity index (χ3v) is 5.28. The number of aromatic nitrogens is 3. The molecule has 4 rings (SSSR count). The molecule has 164 valence electrons. The van der Waals surface area contributed by atoms with Crippen LogP contribution in [0.25, 0.3) is 11.0 Å². The monoisotopic (exact) mass is 429 g/mol. The zero-order valence-electron chi connectivity index (χ0n) is 18.9. The molecule has 0 bridgehead atoms. The molecular weight excluding hydrogens is 402 g/mol. The van der Waals surface area contributed by atoms with E-state index in [4.69, 9.17) is 9.72 Å². The van der Waals surface area contributed by atoms with E-state index in [0.29, 0.717) is 23.2 Å². The maximum absolute atomic E-state index is 11.3. The quantitative estimate of drug-likeness (QED) is 0.399. The molecule has 0 aliphatic rings. The van der Waals surface area contributed by atoms with Crippen molar-refractivity contribution in [3.63, 3.8) is 0 Å². The number of amides is 1. The van der Waals surface area contributed by atoms with Crippen molar-refractivity contribution in [2.45, 2.75) is 33.6 Å². The van der Waals surface area contributed by atoms with Crippen LogP contribution < -0.4 is 15.4 Å². The molecule has 1 amide bonds. The van der Waals surface area contributed by atoms with Crippen LogP contribution in [0, 0.1) is 6.92 Å². The molecule has 7 heteroatoms. The van der Waals surface area contributed by atoms with Gasteiger partial charge >= 0.3 is 0 Å². The number of fused-ring (bicyclic) bond motifs is 1. The molecule has 2 N–H and O–H groups in total. The first-order valence-electron chi connectivity index (χ1n) is 10.6. The highest BCUT2D eigenvalue weighted by molar-refractivity contribution is 5.87. The van der Waals surface area contributed by atoms with E-state index in [1.165, 1.54) is 18.1 Å². The summed E-state index contributed by atoms with van der Waals surface area (Å²) in [4.78, 5) is 20.1. The third kappa shape index (κ3) is 4.56. The molecule has 0 aliphatic heterocycles. The van der Waals surface area contributed by atoms with Crippen LogP contribution in [0.4, 0.5) is 17.5 Å². The summed E-state index contributed by atoms with van der Waals surface area (Å²) in [5.74, 6) is 2.71. The Balaban J connectivity index is 1.59. The Kier molecular flexibility index (Phi) is 5.81. The fraction of sp³-hybridized carbons (Fsp3) is 0.240. The molecule has 0 spiro atoms. The molecule has 0 saturated heterocycles. The lowest BCUT2D eigenvalue weighted by atomic mass is 9.97. The number of benzene rings is 2. The molecule has 2 aromatic carbocycles. The summed E-state index contributed by atoms with van der Waals surface area (Å²) in [6, 6.07) is 15.6. The van der Waals surface area contributed by atoms with Crippen LogP contribution in [0.15, 0.2) is 54.7 Å². The van der Waals surface area contributed by atoms with Crippen molar-refractivity contribution < 1.29 is 9.53 Å². The first-order chi connectivity index (χ1) is 15.3. The summed E-state index contributed by atoms with van der Waals surface area (Å²) in [6.45, 7) is 7.98. The number of carbonyl (C=O) groups excluding carboxylic acids is 1. The Labute approximate surface area is 187 Å². The van der Waals surface area contributed by atoms with Crippen molar-refractivity contribution in [2.24, 2.45) is 7.05 Å². The molecule has 4 aromatic rings. The molecule has 7 nitrogen and oxygen atoms in total. The molecule has 0 saturated carbocycles. The number of pyridine rings is 1. The third-order valence-electron chi connectivity index (χ3n) is 5.28. The number of hydrogen-bond acceptors (Lipinski definition) is 5. The fourth-order valence-corrected chi connectivity index (χ4v) is 3.68. The minimum absolute atomic E-state index is 0.182. The Bertz CT molecular complexity index is 1290. The molecule has 0 unspecified atom stereocenters. The van der Waals surface area contributed by atoms with E-state index in [9.17, 15) is 4.79 Å². The Morgan fingerprint density at radius 1 is 1.06 bits per heavy atom.